The minimum absolute atomic E-state index is 0.418. The molecule has 0 aliphatic carbocycles. The summed E-state index contributed by atoms with van der Waals surface area (Å²) in [5.41, 5.74) is 3.75. The fraction of sp³-hybridized carbons (Fsp3) is 0.500. The van der Waals surface area contributed by atoms with Crippen molar-refractivity contribution >= 4 is 21.9 Å². The van der Waals surface area contributed by atoms with Crippen LogP contribution in [0.4, 0.5) is 0 Å². The van der Waals surface area contributed by atoms with Gasteiger partial charge in [0, 0.05) is 18.4 Å². The number of hydrogen-bond acceptors (Lipinski definition) is 2. The van der Waals surface area contributed by atoms with Crippen LogP contribution < -0.4 is 0 Å². The Kier molecular flexibility index (Phi) is 4.38. The van der Waals surface area contributed by atoms with Gasteiger partial charge in [0.05, 0.1) is 17.2 Å². The number of unbranched alkanes of at least 4 members (excludes halogenated alkanes) is 1. The van der Waals surface area contributed by atoms with Crippen molar-refractivity contribution in [2.75, 3.05) is 0 Å². The second-order valence-electron chi connectivity index (χ2n) is 7.56. The summed E-state index contributed by atoms with van der Waals surface area (Å²) < 4.78 is 2.42. The van der Waals surface area contributed by atoms with E-state index in [1.165, 1.54) is 36.0 Å². The van der Waals surface area contributed by atoms with Crippen LogP contribution in [-0.2, 0) is 13.0 Å². The molecule has 2 heterocycles. The van der Waals surface area contributed by atoms with Crippen LogP contribution in [0.3, 0.4) is 0 Å². The topological polar surface area (TPSA) is 30.7 Å². The highest BCUT2D eigenvalue weighted by molar-refractivity contribution is 6.02. The predicted octanol–water partition coefficient (Wildman–Crippen LogP) is 5.36. The zero-order valence-corrected chi connectivity index (χ0v) is 14.8. The van der Waals surface area contributed by atoms with Gasteiger partial charge in [-0.05, 0) is 24.3 Å². The molecule has 23 heavy (non-hydrogen) atoms. The minimum atomic E-state index is 0.418. The molecule has 122 valence electrons. The van der Waals surface area contributed by atoms with E-state index >= 15 is 0 Å². The lowest BCUT2D eigenvalue weighted by Crippen LogP contribution is -2.07. The van der Waals surface area contributed by atoms with Crippen molar-refractivity contribution in [2.45, 2.75) is 59.9 Å². The molecule has 0 radical (unpaired) electrons. The highest BCUT2D eigenvalue weighted by Crippen LogP contribution is 2.26. The van der Waals surface area contributed by atoms with E-state index in [0.717, 1.165) is 24.0 Å². The quantitative estimate of drug-likeness (QED) is 0.594. The molecule has 1 aromatic carbocycles. The third-order valence-corrected chi connectivity index (χ3v) is 4.43. The van der Waals surface area contributed by atoms with E-state index in [4.69, 9.17) is 4.98 Å². The van der Waals surface area contributed by atoms with E-state index < -0.39 is 0 Å². The van der Waals surface area contributed by atoms with Crippen LogP contribution in [0.1, 0.15) is 52.8 Å². The predicted molar refractivity (Wildman–Crippen MR) is 97.7 cm³/mol. The molecular formula is C20H27N3. The van der Waals surface area contributed by atoms with Crippen LogP contribution in [-0.4, -0.2) is 14.5 Å². The maximum absolute atomic E-state index is 4.81. The van der Waals surface area contributed by atoms with Gasteiger partial charge in [0.2, 0.25) is 0 Å². The molecule has 3 heteroatoms. The number of fused-ring (bicyclic) bond motifs is 3. The average Bonchev–Trinajstić information content (AvgIpc) is 2.89. The molecule has 0 bridgehead atoms. The van der Waals surface area contributed by atoms with Crippen molar-refractivity contribution in [1.29, 1.82) is 0 Å². The molecule has 0 amide bonds. The van der Waals surface area contributed by atoms with Gasteiger partial charge in [0.1, 0.15) is 11.3 Å². The number of aromatic nitrogens is 3. The lowest BCUT2D eigenvalue weighted by molar-refractivity contribution is 0.355. The Balaban J connectivity index is 1.95. The van der Waals surface area contributed by atoms with E-state index in [2.05, 4.69) is 55.4 Å². The number of aryl methyl sites for hydroxylation is 2. The van der Waals surface area contributed by atoms with E-state index in [9.17, 15) is 0 Å². The first-order valence-electron chi connectivity index (χ1n) is 8.72. The number of para-hydroxylation sites is 1. The number of benzene rings is 1. The molecule has 0 spiro atoms. The van der Waals surface area contributed by atoms with Crippen molar-refractivity contribution < 1.29 is 0 Å². The Morgan fingerprint density at radius 3 is 2.57 bits per heavy atom. The summed E-state index contributed by atoms with van der Waals surface area (Å²) in [6.07, 6.45) is 6.61. The number of imidazole rings is 1. The first-order valence-corrected chi connectivity index (χ1v) is 8.72. The monoisotopic (exact) mass is 309 g/mol. The summed E-state index contributed by atoms with van der Waals surface area (Å²) in [5.74, 6) is 1.17. The van der Waals surface area contributed by atoms with Crippen LogP contribution in [0.2, 0.25) is 0 Å². The van der Waals surface area contributed by atoms with Gasteiger partial charge in [-0.15, -0.1) is 0 Å². The van der Waals surface area contributed by atoms with Gasteiger partial charge in [0.25, 0.3) is 0 Å². The summed E-state index contributed by atoms with van der Waals surface area (Å²) in [7, 11) is 0. The SMILES string of the molecule is CCc1nc2cnc3ccccc3c2n1CCCCC(C)(C)C. The van der Waals surface area contributed by atoms with Crippen LogP contribution in [0, 0.1) is 5.41 Å². The molecule has 0 unspecified atom stereocenters. The van der Waals surface area contributed by atoms with Gasteiger partial charge >= 0.3 is 0 Å². The number of hydrogen-bond donors (Lipinski definition) is 0. The largest absolute Gasteiger partial charge is 0.327 e. The van der Waals surface area contributed by atoms with Gasteiger partial charge in [-0.2, -0.15) is 0 Å². The molecule has 2 aromatic heterocycles. The van der Waals surface area contributed by atoms with E-state index in [1.807, 2.05) is 12.3 Å². The zero-order valence-electron chi connectivity index (χ0n) is 14.8. The Morgan fingerprint density at radius 2 is 1.83 bits per heavy atom. The van der Waals surface area contributed by atoms with Crippen molar-refractivity contribution in [3.05, 3.63) is 36.3 Å². The minimum Gasteiger partial charge on any atom is -0.327 e. The number of rotatable bonds is 5. The summed E-state index contributed by atoms with van der Waals surface area (Å²) >= 11 is 0. The molecule has 0 aliphatic rings. The van der Waals surface area contributed by atoms with Crippen molar-refractivity contribution in [1.82, 2.24) is 14.5 Å². The first kappa shape index (κ1) is 16.0. The molecule has 3 rings (SSSR count). The first-order chi connectivity index (χ1) is 11.0. The van der Waals surface area contributed by atoms with Gasteiger partial charge in [0.15, 0.2) is 0 Å². The summed E-state index contributed by atoms with van der Waals surface area (Å²) in [5, 5.41) is 1.22. The van der Waals surface area contributed by atoms with Gasteiger partial charge in [-0.25, -0.2) is 4.98 Å². The van der Waals surface area contributed by atoms with Crippen LogP contribution >= 0.6 is 0 Å². The molecule has 0 N–H and O–H groups in total. The van der Waals surface area contributed by atoms with Crippen molar-refractivity contribution in [2.24, 2.45) is 5.41 Å². The van der Waals surface area contributed by atoms with Crippen molar-refractivity contribution in [3.63, 3.8) is 0 Å². The van der Waals surface area contributed by atoms with Gasteiger partial charge in [-0.3, -0.25) is 4.98 Å². The third-order valence-electron chi connectivity index (χ3n) is 4.43. The van der Waals surface area contributed by atoms with Crippen LogP contribution in [0.15, 0.2) is 30.5 Å². The normalized spacial score (nSPS) is 12.3. The Bertz CT molecular complexity index is 809. The molecule has 3 aromatic rings. The molecule has 3 nitrogen and oxygen atoms in total. The third kappa shape index (κ3) is 3.39. The average molecular weight is 309 g/mol. The molecule has 0 fully saturated rings. The second kappa shape index (κ2) is 6.31. The van der Waals surface area contributed by atoms with Crippen LogP contribution in [0.25, 0.3) is 21.9 Å². The lowest BCUT2D eigenvalue weighted by Gasteiger charge is -2.18. The zero-order chi connectivity index (χ0) is 16.4. The Morgan fingerprint density at radius 1 is 1.04 bits per heavy atom. The van der Waals surface area contributed by atoms with E-state index in [-0.39, 0.29) is 0 Å². The Hall–Kier alpha value is -1.90. The lowest BCUT2D eigenvalue weighted by atomic mass is 9.90. The smallest absolute Gasteiger partial charge is 0.109 e. The van der Waals surface area contributed by atoms with E-state index in [1.54, 1.807) is 0 Å². The Labute approximate surface area is 138 Å². The van der Waals surface area contributed by atoms with Crippen LogP contribution in [0.5, 0.6) is 0 Å². The summed E-state index contributed by atoms with van der Waals surface area (Å²) in [6.45, 7) is 10.2. The molecule has 0 aliphatic heterocycles. The number of nitrogens with zero attached hydrogens (tertiary/aromatic N) is 3. The van der Waals surface area contributed by atoms with Gasteiger partial charge in [-0.1, -0.05) is 52.3 Å². The van der Waals surface area contributed by atoms with Crippen molar-refractivity contribution in [3.8, 4) is 0 Å². The molecule has 0 atom stereocenters. The molecule has 0 saturated carbocycles. The number of pyridine rings is 1. The van der Waals surface area contributed by atoms with Gasteiger partial charge < -0.3 is 4.57 Å². The highest BCUT2D eigenvalue weighted by Gasteiger charge is 2.14. The molecular weight excluding hydrogens is 282 g/mol. The summed E-state index contributed by atoms with van der Waals surface area (Å²) in [6, 6.07) is 8.38. The maximum Gasteiger partial charge on any atom is 0.109 e. The highest BCUT2D eigenvalue weighted by atomic mass is 15.1. The maximum atomic E-state index is 4.81. The summed E-state index contributed by atoms with van der Waals surface area (Å²) in [4.78, 5) is 9.36. The fourth-order valence-corrected chi connectivity index (χ4v) is 3.25. The molecule has 0 saturated heterocycles. The standard InChI is InChI=1S/C20H27N3/c1-5-18-22-17-14-21-16-11-7-6-10-15(16)19(17)23(18)13-9-8-12-20(2,3)4/h6-7,10-11,14H,5,8-9,12-13H2,1-4H3. The fourth-order valence-electron chi connectivity index (χ4n) is 3.25. The second-order valence-corrected chi connectivity index (χ2v) is 7.56. The van der Waals surface area contributed by atoms with E-state index in [0.29, 0.717) is 5.41 Å².